The highest BCUT2D eigenvalue weighted by atomic mass is 19.3. The van der Waals surface area contributed by atoms with Crippen LogP contribution in [0.3, 0.4) is 0 Å². The van der Waals surface area contributed by atoms with Gasteiger partial charge in [0.05, 0.1) is 25.7 Å². The molecule has 1 rings (SSSR count). The van der Waals surface area contributed by atoms with E-state index in [1.165, 1.54) is 0 Å². The lowest BCUT2D eigenvalue weighted by Crippen LogP contribution is -2.42. The molecule has 1 amide bonds. The summed E-state index contributed by atoms with van der Waals surface area (Å²) < 4.78 is 25.8. The highest BCUT2D eigenvalue weighted by Crippen LogP contribution is 2.31. The molecule has 4 nitrogen and oxygen atoms in total. The first-order valence-corrected chi connectivity index (χ1v) is 4.43. The molecular formula is C8H14F2N2O2. The summed E-state index contributed by atoms with van der Waals surface area (Å²) in [5.41, 5.74) is 0. The van der Waals surface area contributed by atoms with Crippen LogP contribution in [0.5, 0.6) is 0 Å². The Morgan fingerprint density at radius 3 is 2.86 bits per heavy atom. The molecule has 1 aliphatic heterocycles. The summed E-state index contributed by atoms with van der Waals surface area (Å²) in [6.07, 6.45) is -0.445. The van der Waals surface area contributed by atoms with E-state index in [4.69, 9.17) is 5.11 Å². The number of hydrogen-bond acceptors (Lipinski definition) is 3. The van der Waals surface area contributed by atoms with Gasteiger partial charge in [0, 0.05) is 6.42 Å². The van der Waals surface area contributed by atoms with Crippen molar-refractivity contribution in [3.05, 3.63) is 0 Å². The molecule has 0 radical (unpaired) electrons. The van der Waals surface area contributed by atoms with Crippen LogP contribution in [0.15, 0.2) is 0 Å². The number of likely N-dealkylation sites (tertiary alicyclic amines) is 1. The van der Waals surface area contributed by atoms with Crippen LogP contribution in [-0.2, 0) is 4.79 Å². The summed E-state index contributed by atoms with van der Waals surface area (Å²) in [7, 11) is 1.57. The second kappa shape index (κ2) is 4.18. The molecule has 14 heavy (non-hydrogen) atoms. The first-order valence-electron chi connectivity index (χ1n) is 4.43. The van der Waals surface area contributed by atoms with Gasteiger partial charge in [0.2, 0.25) is 5.91 Å². The number of aliphatic hydroxyl groups excluding tert-OH is 1. The molecular weight excluding hydrogens is 194 g/mol. The van der Waals surface area contributed by atoms with Gasteiger partial charge in [0.15, 0.2) is 0 Å². The summed E-state index contributed by atoms with van der Waals surface area (Å²) >= 11 is 0. The Balaban J connectivity index is 2.63. The number of carbonyl (C=O) groups excluding carboxylic acids is 1. The van der Waals surface area contributed by atoms with E-state index in [1.807, 2.05) is 0 Å². The average molecular weight is 208 g/mol. The van der Waals surface area contributed by atoms with E-state index in [1.54, 1.807) is 7.05 Å². The van der Waals surface area contributed by atoms with Gasteiger partial charge in [0.25, 0.3) is 5.92 Å². The van der Waals surface area contributed by atoms with E-state index in [0.29, 0.717) is 0 Å². The molecule has 1 heterocycles. The molecule has 1 aliphatic rings. The van der Waals surface area contributed by atoms with E-state index in [2.05, 4.69) is 5.32 Å². The van der Waals surface area contributed by atoms with Crippen molar-refractivity contribution >= 4 is 5.91 Å². The number of aliphatic hydroxyl groups is 1. The molecule has 0 spiro atoms. The fraction of sp³-hybridized carbons (Fsp3) is 0.875. The topological polar surface area (TPSA) is 52.6 Å². The molecule has 0 saturated carbocycles. The minimum absolute atomic E-state index is 0.0204. The van der Waals surface area contributed by atoms with Crippen LogP contribution in [0.25, 0.3) is 0 Å². The maximum absolute atomic E-state index is 12.9. The normalized spacial score (nSPS) is 25.4. The number of nitrogens with zero attached hydrogens (tertiary/aromatic N) is 1. The molecule has 0 unspecified atom stereocenters. The number of nitrogens with one attached hydrogen (secondary N) is 1. The molecule has 0 aromatic rings. The van der Waals surface area contributed by atoms with Gasteiger partial charge in [-0.15, -0.1) is 0 Å². The lowest BCUT2D eigenvalue weighted by molar-refractivity contribution is -0.132. The number of amides is 1. The molecule has 1 fully saturated rings. The zero-order chi connectivity index (χ0) is 10.8. The van der Waals surface area contributed by atoms with Crippen molar-refractivity contribution in [3.63, 3.8) is 0 Å². The molecule has 2 N–H and O–H groups in total. The van der Waals surface area contributed by atoms with E-state index in [9.17, 15) is 13.6 Å². The molecule has 82 valence electrons. The molecule has 1 atom stereocenters. The van der Waals surface area contributed by atoms with E-state index >= 15 is 0 Å². The van der Waals surface area contributed by atoms with Gasteiger partial charge in [-0.05, 0) is 7.05 Å². The van der Waals surface area contributed by atoms with Crippen molar-refractivity contribution in [2.45, 2.75) is 18.4 Å². The quantitative estimate of drug-likeness (QED) is 0.653. The van der Waals surface area contributed by atoms with Crippen LogP contribution in [-0.4, -0.2) is 54.6 Å². The van der Waals surface area contributed by atoms with Crippen LogP contribution < -0.4 is 5.32 Å². The number of rotatable bonds is 3. The van der Waals surface area contributed by atoms with Crippen molar-refractivity contribution in [1.82, 2.24) is 10.2 Å². The largest absolute Gasteiger partial charge is 0.394 e. The Bertz CT molecular complexity index is 223. The number of alkyl halides is 2. The monoisotopic (exact) mass is 208 g/mol. The minimum Gasteiger partial charge on any atom is -0.394 e. The van der Waals surface area contributed by atoms with Gasteiger partial charge in [-0.1, -0.05) is 0 Å². The first-order chi connectivity index (χ1) is 6.50. The Morgan fingerprint density at radius 1 is 1.71 bits per heavy atom. The van der Waals surface area contributed by atoms with Crippen molar-refractivity contribution in [2.24, 2.45) is 0 Å². The van der Waals surface area contributed by atoms with Crippen LogP contribution in [0.4, 0.5) is 8.78 Å². The van der Waals surface area contributed by atoms with Gasteiger partial charge in [0.1, 0.15) is 0 Å². The van der Waals surface area contributed by atoms with Crippen LogP contribution in [0.2, 0.25) is 0 Å². The van der Waals surface area contributed by atoms with Gasteiger partial charge in [-0.3, -0.25) is 4.79 Å². The molecule has 1 saturated heterocycles. The Kier molecular flexibility index (Phi) is 3.38. The SMILES string of the molecule is CNCC(=O)N1CC(F)(F)C[C@@H]1CO. The number of carbonyl (C=O) groups is 1. The predicted molar refractivity (Wildman–Crippen MR) is 46.1 cm³/mol. The average Bonchev–Trinajstić information content (AvgIpc) is 2.41. The second-order valence-electron chi connectivity index (χ2n) is 3.45. The molecule has 0 aliphatic carbocycles. The zero-order valence-electron chi connectivity index (χ0n) is 7.96. The fourth-order valence-corrected chi connectivity index (χ4v) is 1.61. The highest BCUT2D eigenvalue weighted by molar-refractivity contribution is 5.79. The first kappa shape index (κ1) is 11.3. The van der Waals surface area contributed by atoms with E-state index in [-0.39, 0.29) is 6.54 Å². The van der Waals surface area contributed by atoms with Crippen LogP contribution in [0, 0.1) is 0 Å². The third kappa shape index (κ3) is 2.39. The van der Waals surface area contributed by atoms with Gasteiger partial charge >= 0.3 is 0 Å². The number of likely N-dealkylation sites (N-methyl/N-ethyl adjacent to an activating group) is 1. The number of hydrogen-bond donors (Lipinski definition) is 2. The zero-order valence-corrected chi connectivity index (χ0v) is 7.96. The van der Waals surface area contributed by atoms with Crippen molar-refractivity contribution in [3.8, 4) is 0 Å². The third-order valence-corrected chi connectivity index (χ3v) is 2.24. The number of halogens is 2. The Labute approximate surface area is 80.9 Å². The van der Waals surface area contributed by atoms with Crippen LogP contribution >= 0.6 is 0 Å². The molecule has 0 aromatic carbocycles. The summed E-state index contributed by atoms with van der Waals surface area (Å²) in [6, 6.07) is -0.745. The lowest BCUT2D eigenvalue weighted by atomic mass is 10.2. The summed E-state index contributed by atoms with van der Waals surface area (Å²) in [4.78, 5) is 12.4. The fourth-order valence-electron chi connectivity index (χ4n) is 1.61. The van der Waals surface area contributed by atoms with E-state index in [0.717, 1.165) is 4.90 Å². The second-order valence-corrected chi connectivity index (χ2v) is 3.45. The van der Waals surface area contributed by atoms with Crippen molar-refractivity contribution < 1.29 is 18.7 Å². The van der Waals surface area contributed by atoms with Gasteiger partial charge < -0.3 is 15.3 Å². The van der Waals surface area contributed by atoms with E-state index < -0.39 is 37.4 Å². The molecule has 0 aromatic heterocycles. The summed E-state index contributed by atoms with van der Waals surface area (Å²) in [5.74, 6) is -3.26. The summed E-state index contributed by atoms with van der Waals surface area (Å²) in [6.45, 7) is -0.976. The Morgan fingerprint density at radius 2 is 2.36 bits per heavy atom. The standard InChI is InChI=1S/C8H14F2N2O2/c1-11-3-7(14)12-5-8(9,10)2-6(12)4-13/h6,11,13H,2-5H2,1H3/t6-/m1/s1. The highest BCUT2D eigenvalue weighted by Gasteiger charge is 2.46. The van der Waals surface area contributed by atoms with Gasteiger partial charge in [-0.2, -0.15) is 0 Å². The smallest absolute Gasteiger partial charge is 0.267 e. The third-order valence-electron chi connectivity index (χ3n) is 2.24. The summed E-state index contributed by atoms with van der Waals surface area (Å²) in [5, 5.41) is 11.4. The lowest BCUT2D eigenvalue weighted by Gasteiger charge is -2.21. The maximum atomic E-state index is 12.9. The van der Waals surface area contributed by atoms with Gasteiger partial charge in [-0.25, -0.2) is 8.78 Å². The minimum atomic E-state index is -2.86. The van der Waals surface area contributed by atoms with Crippen molar-refractivity contribution in [1.29, 1.82) is 0 Å². The van der Waals surface area contributed by atoms with Crippen molar-refractivity contribution in [2.75, 3.05) is 26.7 Å². The van der Waals surface area contributed by atoms with Crippen LogP contribution in [0.1, 0.15) is 6.42 Å². The predicted octanol–water partition coefficient (Wildman–Crippen LogP) is -0.566. The molecule has 6 heteroatoms. The molecule has 0 bridgehead atoms. The Hall–Kier alpha value is -0.750. The maximum Gasteiger partial charge on any atom is 0.267 e.